The van der Waals surface area contributed by atoms with Crippen molar-refractivity contribution in [3.05, 3.63) is 54.6 Å². The third-order valence-electron chi connectivity index (χ3n) is 2.43. The van der Waals surface area contributed by atoms with E-state index < -0.39 is 0 Å². The summed E-state index contributed by atoms with van der Waals surface area (Å²) in [5.41, 5.74) is 2.12. The normalized spacial score (nSPS) is 10.1. The molecule has 0 saturated heterocycles. The standard InChI is InChI=1S/C13H9N.K.H/c1-3-7-12-10(5-1)9-11-6-2-4-8-13(11)14-12;;/h1-9H;;. The number of benzene rings is 2. The Bertz CT molecular complexity index is 499. The van der Waals surface area contributed by atoms with Crippen LogP contribution in [0.3, 0.4) is 0 Å². The summed E-state index contributed by atoms with van der Waals surface area (Å²) < 4.78 is 0. The summed E-state index contributed by atoms with van der Waals surface area (Å²) in [7, 11) is 0. The third kappa shape index (κ3) is 2.14. The van der Waals surface area contributed by atoms with Gasteiger partial charge in [0.05, 0.1) is 11.0 Å². The molecule has 0 spiro atoms. The van der Waals surface area contributed by atoms with Crippen molar-refractivity contribution in [2.75, 3.05) is 0 Å². The molecule has 0 unspecified atom stereocenters. The van der Waals surface area contributed by atoms with Crippen molar-refractivity contribution >= 4 is 73.2 Å². The zero-order valence-electron chi connectivity index (χ0n) is 7.64. The van der Waals surface area contributed by atoms with Gasteiger partial charge in [-0.05, 0) is 18.2 Å². The van der Waals surface area contributed by atoms with Crippen molar-refractivity contribution in [3.8, 4) is 0 Å². The maximum Gasteiger partial charge on any atom is 0.0709 e. The molecule has 1 heterocycles. The van der Waals surface area contributed by atoms with Gasteiger partial charge >= 0.3 is 51.4 Å². The van der Waals surface area contributed by atoms with Crippen LogP contribution in [0.4, 0.5) is 0 Å². The van der Waals surface area contributed by atoms with Crippen LogP contribution in [0.15, 0.2) is 54.6 Å². The van der Waals surface area contributed by atoms with E-state index in [4.69, 9.17) is 0 Å². The quantitative estimate of drug-likeness (QED) is 0.418. The molecule has 1 aromatic heterocycles. The molecule has 0 amide bonds. The van der Waals surface area contributed by atoms with Gasteiger partial charge in [-0.15, -0.1) is 0 Å². The minimum atomic E-state index is 0. The Balaban J connectivity index is 0.000000853. The van der Waals surface area contributed by atoms with E-state index in [1.807, 2.05) is 36.4 Å². The molecule has 3 rings (SSSR count). The van der Waals surface area contributed by atoms with Crippen LogP contribution in [0, 0.1) is 0 Å². The topological polar surface area (TPSA) is 12.9 Å². The van der Waals surface area contributed by atoms with Gasteiger partial charge in [-0.3, -0.25) is 0 Å². The molecule has 2 aromatic carbocycles. The fourth-order valence-corrected chi connectivity index (χ4v) is 1.72. The molecule has 0 saturated carbocycles. The molecule has 0 atom stereocenters. The zero-order chi connectivity index (χ0) is 9.38. The maximum atomic E-state index is 4.58. The monoisotopic (exact) mass is 219 g/mol. The molecule has 0 aliphatic heterocycles. The molecule has 0 N–H and O–H groups in total. The number of nitrogens with zero attached hydrogens (tertiary/aromatic N) is 1. The van der Waals surface area contributed by atoms with Crippen LogP contribution in [-0.4, -0.2) is 56.4 Å². The van der Waals surface area contributed by atoms with Crippen molar-refractivity contribution < 1.29 is 0 Å². The van der Waals surface area contributed by atoms with Crippen molar-refractivity contribution in [2.45, 2.75) is 0 Å². The van der Waals surface area contributed by atoms with E-state index in [1.54, 1.807) is 0 Å². The fourth-order valence-electron chi connectivity index (χ4n) is 1.72. The van der Waals surface area contributed by atoms with Gasteiger partial charge in [0, 0.05) is 10.8 Å². The first-order valence-electron chi connectivity index (χ1n) is 4.68. The van der Waals surface area contributed by atoms with Crippen LogP contribution in [0.1, 0.15) is 0 Å². The largest absolute Gasteiger partial charge is 0.248 e. The smallest absolute Gasteiger partial charge is 0.0709 e. The van der Waals surface area contributed by atoms with Gasteiger partial charge in [-0.25, -0.2) is 4.98 Å². The predicted molar refractivity (Wildman–Crippen MR) is 66.4 cm³/mol. The van der Waals surface area contributed by atoms with E-state index in [2.05, 4.69) is 23.2 Å². The Labute approximate surface area is 131 Å². The van der Waals surface area contributed by atoms with E-state index in [1.165, 1.54) is 10.8 Å². The number of hydrogen-bond donors (Lipinski definition) is 0. The fraction of sp³-hybridized carbons (Fsp3) is 0. The number of hydrogen-bond acceptors (Lipinski definition) is 1. The van der Waals surface area contributed by atoms with Crippen LogP contribution >= 0.6 is 0 Å². The Hall–Kier alpha value is -0.254. The summed E-state index contributed by atoms with van der Waals surface area (Å²) in [5.74, 6) is 0. The second-order valence-corrected chi connectivity index (χ2v) is 3.37. The van der Waals surface area contributed by atoms with Crippen LogP contribution in [0.5, 0.6) is 0 Å². The molecule has 0 aliphatic rings. The van der Waals surface area contributed by atoms with Crippen molar-refractivity contribution in [1.82, 2.24) is 4.98 Å². The van der Waals surface area contributed by atoms with Gasteiger partial charge in [-0.1, -0.05) is 36.4 Å². The molecular weight excluding hydrogens is 209 g/mol. The third-order valence-corrected chi connectivity index (χ3v) is 2.43. The number of para-hydroxylation sites is 2. The van der Waals surface area contributed by atoms with Crippen LogP contribution in [0.25, 0.3) is 21.8 Å². The van der Waals surface area contributed by atoms with Crippen molar-refractivity contribution in [1.29, 1.82) is 0 Å². The Morgan fingerprint density at radius 3 is 1.67 bits per heavy atom. The molecule has 0 bridgehead atoms. The van der Waals surface area contributed by atoms with Gasteiger partial charge in [-0.2, -0.15) is 0 Å². The predicted octanol–water partition coefficient (Wildman–Crippen LogP) is 2.74. The van der Waals surface area contributed by atoms with Gasteiger partial charge in [0.25, 0.3) is 0 Å². The molecular formula is C13H10KN. The molecule has 15 heavy (non-hydrogen) atoms. The SMILES string of the molecule is [KH].c1ccc2nc3ccccc3cc2c1. The number of aromatic nitrogens is 1. The Kier molecular flexibility index (Phi) is 3.54. The number of rotatable bonds is 0. The summed E-state index contributed by atoms with van der Waals surface area (Å²) in [6.07, 6.45) is 0. The number of fused-ring (bicyclic) bond motifs is 2. The Morgan fingerprint density at radius 1 is 0.667 bits per heavy atom. The molecule has 1 nitrogen and oxygen atoms in total. The minimum Gasteiger partial charge on any atom is -0.248 e. The minimum absolute atomic E-state index is 0. The Morgan fingerprint density at radius 2 is 1.13 bits per heavy atom. The summed E-state index contributed by atoms with van der Waals surface area (Å²) in [6, 6.07) is 18.6. The molecule has 2 heteroatoms. The van der Waals surface area contributed by atoms with Crippen LogP contribution < -0.4 is 0 Å². The first-order valence-corrected chi connectivity index (χ1v) is 4.68. The molecule has 0 radical (unpaired) electrons. The van der Waals surface area contributed by atoms with E-state index in [-0.39, 0.29) is 51.4 Å². The molecule has 68 valence electrons. The van der Waals surface area contributed by atoms with Gasteiger partial charge < -0.3 is 0 Å². The first kappa shape index (κ1) is 11.2. The molecule has 0 aliphatic carbocycles. The summed E-state index contributed by atoms with van der Waals surface area (Å²) in [4.78, 5) is 4.58. The molecule has 0 fully saturated rings. The molecule has 3 aromatic rings. The van der Waals surface area contributed by atoms with E-state index in [0.29, 0.717) is 0 Å². The second kappa shape index (κ2) is 4.72. The van der Waals surface area contributed by atoms with Gasteiger partial charge in [0.15, 0.2) is 0 Å². The first-order chi connectivity index (χ1) is 6.93. The zero-order valence-corrected chi connectivity index (χ0v) is 7.64. The van der Waals surface area contributed by atoms with Crippen molar-refractivity contribution in [2.24, 2.45) is 0 Å². The van der Waals surface area contributed by atoms with Crippen LogP contribution in [0.2, 0.25) is 0 Å². The van der Waals surface area contributed by atoms with E-state index in [0.717, 1.165) is 11.0 Å². The van der Waals surface area contributed by atoms with Crippen LogP contribution in [-0.2, 0) is 0 Å². The van der Waals surface area contributed by atoms with Gasteiger partial charge in [0.1, 0.15) is 0 Å². The second-order valence-electron chi connectivity index (χ2n) is 3.37. The average Bonchev–Trinajstić information content (AvgIpc) is 2.26. The average molecular weight is 219 g/mol. The summed E-state index contributed by atoms with van der Waals surface area (Å²) in [5, 5.41) is 2.40. The number of pyridine rings is 1. The van der Waals surface area contributed by atoms with Gasteiger partial charge in [0.2, 0.25) is 0 Å². The van der Waals surface area contributed by atoms with E-state index in [9.17, 15) is 0 Å². The van der Waals surface area contributed by atoms with Crippen molar-refractivity contribution in [3.63, 3.8) is 0 Å². The maximum absolute atomic E-state index is 4.58. The summed E-state index contributed by atoms with van der Waals surface area (Å²) in [6.45, 7) is 0. The summed E-state index contributed by atoms with van der Waals surface area (Å²) >= 11 is 0. The van der Waals surface area contributed by atoms with E-state index >= 15 is 0 Å².